The number of esters is 1. The molecule has 1 amide bonds. The second kappa shape index (κ2) is 10.3. The number of rotatable bonds is 8. The molecule has 0 saturated carbocycles. The summed E-state index contributed by atoms with van der Waals surface area (Å²) in [5.74, 6) is -1.97. The highest BCUT2D eigenvalue weighted by Gasteiger charge is 2.44. The molecule has 1 fully saturated rings. The van der Waals surface area contributed by atoms with E-state index in [9.17, 15) is 43.3 Å². The highest BCUT2D eigenvalue weighted by atomic mass is 35.5. The standard InChI is InChI=1S/C19H17ClN4O10S/c20-15-6-1-11(7-16(15)24(30)31)21-18(26)10-34-19(27)17-8-13(25)9-22(17)35(32,33)14-4-2-12(3-5-14)23(28)29/h1-7,13,17,25H,8-10H2,(H,21,26)/t13-,17-/m1/s1. The summed E-state index contributed by atoms with van der Waals surface area (Å²) in [4.78, 5) is 44.6. The molecular weight excluding hydrogens is 512 g/mol. The van der Waals surface area contributed by atoms with Crippen molar-refractivity contribution < 1.29 is 37.7 Å². The summed E-state index contributed by atoms with van der Waals surface area (Å²) < 4.78 is 31.5. The zero-order valence-corrected chi connectivity index (χ0v) is 19.1. The Labute approximate surface area is 202 Å². The smallest absolute Gasteiger partial charge is 0.325 e. The van der Waals surface area contributed by atoms with E-state index in [0.29, 0.717) is 4.31 Å². The molecule has 0 bridgehead atoms. The fourth-order valence-electron chi connectivity index (χ4n) is 3.30. The number of benzene rings is 2. The van der Waals surface area contributed by atoms with Crippen LogP contribution in [0.25, 0.3) is 0 Å². The number of nitro benzene ring substituents is 2. The summed E-state index contributed by atoms with van der Waals surface area (Å²) >= 11 is 5.70. The van der Waals surface area contributed by atoms with Crippen molar-refractivity contribution in [1.29, 1.82) is 0 Å². The van der Waals surface area contributed by atoms with Crippen molar-refractivity contribution in [1.82, 2.24) is 4.31 Å². The van der Waals surface area contributed by atoms with E-state index in [1.807, 2.05) is 0 Å². The van der Waals surface area contributed by atoms with E-state index in [1.165, 1.54) is 12.1 Å². The van der Waals surface area contributed by atoms with Gasteiger partial charge in [-0.2, -0.15) is 4.31 Å². The summed E-state index contributed by atoms with van der Waals surface area (Å²) in [6.45, 7) is -1.27. The van der Waals surface area contributed by atoms with E-state index in [-0.39, 0.29) is 27.7 Å². The normalized spacial score (nSPS) is 18.1. The number of nitro groups is 2. The molecule has 0 unspecified atom stereocenters. The predicted octanol–water partition coefficient (Wildman–Crippen LogP) is 1.46. The molecule has 186 valence electrons. The minimum Gasteiger partial charge on any atom is -0.454 e. The highest BCUT2D eigenvalue weighted by molar-refractivity contribution is 7.89. The number of hydrogen-bond acceptors (Lipinski definition) is 10. The largest absolute Gasteiger partial charge is 0.454 e. The zero-order valence-electron chi connectivity index (χ0n) is 17.6. The van der Waals surface area contributed by atoms with Crippen molar-refractivity contribution in [2.75, 3.05) is 18.5 Å². The number of nitrogens with one attached hydrogen (secondary N) is 1. The fraction of sp³-hybridized carbons (Fsp3) is 0.263. The van der Waals surface area contributed by atoms with Gasteiger partial charge in [0.2, 0.25) is 10.0 Å². The van der Waals surface area contributed by atoms with Crippen LogP contribution in [-0.4, -0.2) is 64.9 Å². The van der Waals surface area contributed by atoms with E-state index in [4.69, 9.17) is 16.3 Å². The maximum Gasteiger partial charge on any atom is 0.325 e. The SMILES string of the molecule is O=C(COC(=O)[C@H]1C[C@@H](O)CN1S(=O)(=O)c1ccc([N+](=O)[O-])cc1)Nc1ccc(Cl)c([N+](=O)[O-])c1. The average Bonchev–Trinajstić information content (AvgIpc) is 3.21. The first kappa shape index (κ1) is 26.0. The number of ether oxygens (including phenoxy) is 1. The molecule has 3 rings (SSSR count). The first-order chi connectivity index (χ1) is 16.4. The first-order valence-corrected chi connectivity index (χ1v) is 11.6. The van der Waals surface area contributed by atoms with Gasteiger partial charge in [-0.05, 0) is 24.3 Å². The summed E-state index contributed by atoms with van der Waals surface area (Å²) in [7, 11) is -4.34. The predicted molar refractivity (Wildman–Crippen MR) is 119 cm³/mol. The molecule has 2 atom stereocenters. The number of β-amino-alcohol motifs (C(OH)–C–C–N with tert-alkyl or cyclic N) is 1. The van der Waals surface area contributed by atoms with Gasteiger partial charge in [0.05, 0.1) is 20.8 Å². The molecule has 0 spiro atoms. The number of amides is 1. The van der Waals surface area contributed by atoms with Crippen LogP contribution in [0, 0.1) is 20.2 Å². The Morgan fingerprint density at radius 1 is 1.14 bits per heavy atom. The minimum atomic E-state index is -4.34. The van der Waals surface area contributed by atoms with Crippen LogP contribution < -0.4 is 5.32 Å². The van der Waals surface area contributed by atoms with Gasteiger partial charge >= 0.3 is 5.97 Å². The molecule has 2 N–H and O–H groups in total. The third-order valence-corrected chi connectivity index (χ3v) is 7.14. The third kappa shape index (κ3) is 5.89. The van der Waals surface area contributed by atoms with E-state index in [2.05, 4.69) is 5.32 Å². The molecule has 35 heavy (non-hydrogen) atoms. The number of aliphatic hydroxyl groups excluding tert-OH is 1. The van der Waals surface area contributed by atoms with Gasteiger partial charge in [-0.1, -0.05) is 11.6 Å². The monoisotopic (exact) mass is 528 g/mol. The molecule has 2 aromatic carbocycles. The van der Waals surface area contributed by atoms with Crippen LogP contribution in [0.1, 0.15) is 6.42 Å². The Hall–Kier alpha value is -3.66. The van der Waals surface area contributed by atoms with Crippen molar-refractivity contribution >= 4 is 50.6 Å². The number of sulfonamides is 1. The molecule has 0 radical (unpaired) electrons. The molecule has 1 heterocycles. The third-order valence-electron chi connectivity index (χ3n) is 4.93. The number of hydrogen-bond donors (Lipinski definition) is 2. The maximum absolute atomic E-state index is 13.0. The summed E-state index contributed by atoms with van der Waals surface area (Å²) in [5.41, 5.74) is -0.771. The van der Waals surface area contributed by atoms with Crippen molar-refractivity contribution in [3.63, 3.8) is 0 Å². The van der Waals surface area contributed by atoms with Crippen LogP contribution in [0.2, 0.25) is 5.02 Å². The fourth-order valence-corrected chi connectivity index (χ4v) is 5.11. The lowest BCUT2D eigenvalue weighted by Gasteiger charge is -2.22. The Kier molecular flexibility index (Phi) is 7.64. The number of aliphatic hydroxyl groups is 1. The summed E-state index contributed by atoms with van der Waals surface area (Å²) in [6, 6.07) is 6.01. The van der Waals surface area contributed by atoms with Gasteiger partial charge in [0.15, 0.2) is 6.61 Å². The quantitative estimate of drug-likeness (QED) is 0.287. The lowest BCUT2D eigenvalue weighted by atomic mass is 10.2. The van der Waals surface area contributed by atoms with Gasteiger partial charge in [0, 0.05) is 36.9 Å². The van der Waals surface area contributed by atoms with Crippen LogP contribution in [0.3, 0.4) is 0 Å². The molecule has 1 aliphatic rings. The maximum atomic E-state index is 13.0. The van der Waals surface area contributed by atoms with Gasteiger partial charge in [-0.15, -0.1) is 0 Å². The van der Waals surface area contributed by atoms with Crippen molar-refractivity contribution in [3.05, 3.63) is 67.7 Å². The second-order valence-corrected chi connectivity index (χ2v) is 9.61. The zero-order chi connectivity index (χ0) is 25.9. The van der Waals surface area contributed by atoms with E-state index >= 15 is 0 Å². The first-order valence-electron chi connectivity index (χ1n) is 9.75. The molecule has 14 nitrogen and oxygen atoms in total. The number of carbonyl (C=O) groups is 2. The van der Waals surface area contributed by atoms with E-state index < -0.39 is 62.7 Å². The van der Waals surface area contributed by atoms with Gasteiger partial charge in [-0.3, -0.25) is 29.8 Å². The molecule has 2 aromatic rings. The van der Waals surface area contributed by atoms with Crippen molar-refractivity contribution in [3.8, 4) is 0 Å². The lowest BCUT2D eigenvalue weighted by molar-refractivity contribution is -0.385. The molecule has 1 aliphatic heterocycles. The van der Waals surface area contributed by atoms with Crippen LogP contribution in [-0.2, 0) is 24.3 Å². The molecule has 0 aliphatic carbocycles. The Morgan fingerprint density at radius 2 is 1.80 bits per heavy atom. The van der Waals surface area contributed by atoms with Crippen LogP contribution >= 0.6 is 11.6 Å². The van der Waals surface area contributed by atoms with Crippen LogP contribution in [0.4, 0.5) is 17.1 Å². The van der Waals surface area contributed by atoms with E-state index in [1.54, 1.807) is 0 Å². The van der Waals surface area contributed by atoms with Gasteiger partial charge < -0.3 is 15.2 Å². The number of non-ortho nitro benzene ring substituents is 1. The Bertz CT molecular complexity index is 1290. The van der Waals surface area contributed by atoms with Crippen molar-refractivity contribution in [2.45, 2.75) is 23.5 Å². The number of halogens is 1. The molecule has 0 aromatic heterocycles. The second-order valence-electron chi connectivity index (χ2n) is 7.31. The van der Waals surface area contributed by atoms with Gasteiger partial charge in [0.1, 0.15) is 11.1 Å². The number of carbonyl (C=O) groups excluding carboxylic acids is 2. The van der Waals surface area contributed by atoms with Gasteiger partial charge in [0.25, 0.3) is 17.3 Å². The highest BCUT2D eigenvalue weighted by Crippen LogP contribution is 2.29. The average molecular weight is 529 g/mol. The summed E-state index contributed by atoms with van der Waals surface area (Å²) in [6.07, 6.45) is -1.49. The lowest BCUT2D eigenvalue weighted by Crippen LogP contribution is -2.42. The summed E-state index contributed by atoms with van der Waals surface area (Å²) in [5, 5.41) is 33.8. The molecule has 1 saturated heterocycles. The number of nitrogens with zero attached hydrogens (tertiary/aromatic N) is 3. The van der Waals surface area contributed by atoms with Crippen LogP contribution in [0.15, 0.2) is 47.4 Å². The van der Waals surface area contributed by atoms with Gasteiger partial charge in [-0.25, -0.2) is 8.42 Å². The van der Waals surface area contributed by atoms with Crippen molar-refractivity contribution in [2.24, 2.45) is 0 Å². The minimum absolute atomic E-state index is 0.0146. The number of anilines is 1. The molecule has 16 heteroatoms. The topological polar surface area (TPSA) is 199 Å². The Morgan fingerprint density at radius 3 is 2.40 bits per heavy atom. The Balaban J connectivity index is 1.68. The van der Waals surface area contributed by atoms with Crippen LogP contribution in [0.5, 0.6) is 0 Å². The van der Waals surface area contributed by atoms with E-state index in [0.717, 1.165) is 30.3 Å². The molecular formula is C19H17ClN4O10S.